The van der Waals surface area contributed by atoms with Crippen molar-refractivity contribution in [2.75, 3.05) is 12.4 Å². The van der Waals surface area contributed by atoms with E-state index in [0.29, 0.717) is 17.0 Å². The number of imidazole rings is 1. The molecule has 0 saturated carbocycles. The number of ether oxygens (including phenoxy) is 2. The Kier molecular flexibility index (Phi) is 7.41. The molecule has 2 aromatic heterocycles. The van der Waals surface area contributed by atoms with Gasteiger partial charge in [0.2, 0.25) is 0 Å². The van der Waals surface area contributed by atoms with Crippen molar-refractivity contribution in [2.24, 2.45) is 5.92 Å². The average Bonchev–Trinajstić information content (AvgIpc) is 3.60. The van der Waals surface area contributed by atoms with Crippen LogP contribution >= 0.6 is 0 Å². The third-order valence-corrected chi connectivity index (χ3v) is 9.01. The lowest BCUT2D eigenvalue weighted by Crippen LogP contribution is -2.38. The predicted molar refractivity (Wildman–Crippen MR) is 162 cm³/mol. The van der Waals surface area contributed by atoms with Gasteiger partial charge in [-0.1, -0.05) is 93.6 Å². The summed E-state index contributed by atoms with van der Waals surface area (Å²) in [5, 5.41) is 3.78. The molecule has 0 unspecified atom stereocenters. The zero-order valence-corrected chi connectivity index (χ0v) is 24.4. The van der Waals surface area contributed by atoms with Crippen LogP contribution in [0.1, 0.15) is 56.5 Å². The van der Waals surface area contributed by atoms with Crippen LogP contribution in [0.5, 0.6) is 5.75 Å². The molecule has 0 bridgehead atoms. The normalized spacial score (nSPS) is 20.1. The van der Waals surface area contributed by atoms with E-state index >= 15 is 4.39 Å². The molecule has 0 amide bonds. The Morgan fingerprint density at radius 1 is 0.881 bits per heavy atom. The molecular formula is C34H36FN5O2. The third kappa shape index (κ3) is 4.41. The summed E-state index contributed by atoms with van der Waals surface area (Å²) in [5.41, 5.74) is 2.69. The topological polar surface area (TPSA) is 74.1 Å². The fraction of sp³-hybridized carbons (Fsp3) is 0.324. The lowest BCUT2D eigenvalue weighted by molar-refractivity contribution is -0.0905. The lowest BCUT2D eigenvalue weighted by Gasteiger charge is -2.37. The molecule has 0 spiro atoms. The van der Waals surface area contributed by atoms with Gasteiger partial charge in [0.25, 0.3) is 0 Å². The van der Waals surface area contributed by atoms with E-state index in [-0.39, 0.29) is 5.92 Å². The van der Waals surface area contributed by atoms with Crippen LogP contribution in [0.15, 0.2) is 97.6 Å². The SMILES string of the molecule is CCC1(CC)O[C@@H](n2cnc3c(NC(c4ccccc4)(c4ccccc4)c4ccc(OC)cc4)ncnc32)[C@H](F)[C@@H]1C. The second kappa shape index (κ2) is 11.2. The van der Waals surface area contributed by atoms with E-state index in [9.17, 15) is 0 Å². The van der Waals surface area contributed by atoms with Gasteiger partial charge >= 0.3 is 0 Å². The van der Waals surface area contributed by atoms with Gasteiger partial charge in [0.1, 0.15) is 17.6 Å². The third-order valence-electron chi connectivity index (χ3n) is 9.01. The fourth-order valence-corrected chi connectivity index (χ4v) is 6.46. The Morgan fingerprint density at radius 2 is 1.48 bits per heavy atom. The van der Waals surface area contributed by atoms with E-state index in [1.54, 1.807) is 18.0 Å². The number of methoxy groups -OCH3 is 1. The predicted octanol–water partition coefficient (Wildman–Crippen LogP) is 7.30. The molecule has 1 aliphatic rings. The second-order valence-electron chi connectivity index (χ2n) is 10.9. The Balaban J connectivity index is 1.52. The van der Waals surface area contributed by atoms with E-state index in [2.05, 4.69) is 65.5 Å². The summed E-state index contributed by atoms with van der Waals surface area (Å²) in [6, 6.07) is 28.5. The van der Waals surface area contributed by atoms with Crippen molar-refractivity contribution in [3.8, 4) is 5.75 Å². The van der Waals surface area contributed by atoms with Gasteiger partial charge in [-0.15, -0.1) is 0 Å². The van der Waals surface area contributed by atoms with Crippen LogP contribution in [-0.2, 0) is 10.3 Å². The van der Waals surface area contributed by atoms with Gasteiger partial charge in [0, 0.05) is 5.92 Å². The number of nitrogens with zero attached hydrogens (tertiary/aromatic N) is 4. The largest absolute Gasteiger partial charge is 0.497 e. The number of aromatic nitrogens is 4. The van der Waals surface area contributed by atoms with Crippen molar-refractivity contribution in [2.45, 2.75) is 57.2 Å². The van der Waals surface area contributed by atoms with Gasteiger partial charge in [-0.2, -0.15) is 0 Å². The minimum atomic E-state index is -1.19. The van der Waals surface area contributed by atoms with Crippen LogP contribution in [0.4, 0.5) is 10.2 Å². The minimum Gasteiger partial charge on any atom is -0.497 e. The van der Waals surface area contributed by atoms with Crippen molar-refractivity contribution >= 4 is 17.0 Å². The Labute approximate surface area is 245 Å². The molecule has 3 heterocycles. The molecule has 1 N–H and O–H groups in total. The van der Waals surface area contributed by atoms with E-state index in [4.69, 9.17) is 14.5 Å². The monoisotopic (exact) mass is 565 g/mol. The van der Waals surface area contributed by atoms with Crippen molar-refractivity contribution in [1.82, 2.24) is 19.5 Å². The first-order valence-electron chi connectivity index (χ1n) is 14.5. The molecule has 1 fully saturated rings. The smallest absolute Gasteiger partial charge is 0.169 e. The van der Waals surface area contributed by atoms with Crippen LogP contribution in [0.2, 0.25) is 0 Å². The maximum absolute atomic E-state index is 15.8. The van der Waals surface area contributed by atoms with Crippen LogP contribution in [0, 0.1) is 5.92 Å². The summed E-state index contributed by atoms with van der Waals surface area (Å²) in [6.45, 7) is 6.04. The van der Waals surface area contributed by atoms with Gasteiger partial charge < -0.3 is 14.8 Å². The van der Waals surface area contributed by atoms with Crippen LogP contribution in [0.25, 0.3) is 11.2 Å². The highest BCUT2D eigenvalue weighted by molar-refractivity contribution is 5.84. The summed E-state index contributed by atoms with van der Waals surface area (Å²) < 4.78 is 29.4. The number of rotatable bonds is 9. The highest BCUT2D eigenvalue weighted by Crippen LogP contribution is 2.48. The van der Waals surface area contributed by atoms with Gasteiger partial charge in [-0.05, 0) is 41.7 Å². The molecule has 0 aliphatic carbocycles. The molecule has 8 heteroatoms. The number of anilines is 1. The molecule has 216 valence electrons. The van der Waals surface area contributed by atoms with Crippen molar-refractivity contribution in [3.63, 3.8) is 0 Å². The van der Waals surface area contributed by atoms with Gasteiger partial charge in [-0.3, -0.25) is 4.57 Å². The summed E-state index contributed by atoms with van der Waals surface area (Å²) in [7, 11) is 1.66. The van der Waals surface area contributed by atoms with Crippen molar-refractivity contribution in [3.05, 3.63) is 114 Å². The number of hydrogen-bond donors (Lipinski definition) is 1. The van der Waals surface area contributed by atoms with Gasteiger partial charge in [-0.25, -0.2) is 19.3 Å². The van der Waals surface area contributed by atoms with Crippen LogP contribution in [-0.4, -0.2) is 38.4 Å². The van der Waals surface area contributed by atoms with Crippen LogP contribution < -0.4 is 10.1 Å². The maximum Gasteiger partial charge on any atom is 0.169 e. The molecule has 1 saturated heterocycles. The summed E-state index contributed by atoms with van der Waals surface area (Å²) >= 11 is 0. The van der Waals surface area contributed by atoms with Crippen molar-refractivity contribution in [1.29, 1.82) is 0 Å². The zero-order valence-electron chi connectivity index (χ0n) is 24.4. The molecule has 7 nitrogen and oxygen atoms in total. The molecule has 42 heavy (non-hydrogen) atoms. The first kappa shape index (κ1) is 27.8. The molecular weight excluding hydrogens is 529 g/mol. The summed E-state index contributed by atoms with van der Waals surface area (Å²) in [4.78, 5) is 14.0. The molecule has 0 radical (unpaired) electrons. The van der Waals surface area contributed by atoms with Crippen molar-refractivity contribution < 1.29 is 13.9 Å². The van der Waals surface area contributed by atoms with Gasteiger partial charge in [0.05, 0.1) is 19.0 Å². The number of hydrogen-bond acceptors (Lipinski definition) is 6. The summed E-state index contributed by atoms with van der Waals surface area (Å²) in [6.07, 6.45) is 2.57. The second-order valence-corrected chi connectivity index (χ2v) is 10.9. The molecule has 3 aromatic carbocycles. The Morgan fingerprint density at radius 3 is 2.02 bits per heavy atom. The fourth-order valence-electron chi connectivity index (χ4n) is 6.46. The number of alkyl halides is 1. The van der Waals surface area contributed by atoms with E-state index < -0.39 is 23.5 Å². The maximum atomic E-state index is 15.8. The quantitative estimate of drug-likeness (QED) is 0.189. The van der Waals surface area contributed by atoms with Crippen LogP contribution in [0.3, 0.4) is 0 Å². The minimum absolute atomic E-state index is 0.256. The summed E-state index contributed by atoms with van der Waals surface area (Å²) in [5.74, 6) is 1.04. The number of fused-ring (bicyclic) bond motifs is 1. The van der Waals surface area contributed by atoms with E-state index in [1.165, 1.54) is 6.33 Å². The zero-order chi connectivity index (χ0) is 29.3. The number of halogens is 1. The molecule has 1 aliphatic heterocycles. The van der Waals surface area contributed by atoms with E-state index in [1.807, 2.05) is 55.5 Å². The Hall–Kier alpha value is -4.30. The molecule has 6 rings (SSSR count). The molecule has 5 aromatic rings. The number of benzene rings is 3. The average molecular weight is 566 g/mol. The lowest BCUT2D eigenvalue weighted by atomic mass is 9.77. The van der Waals surface area contributed by atoms with E-state index in [0.717, 1.165) is 35.3 Å². The highest BCUT2D eigenvalue weighted by atomic mass is 19.1. The molecule has 3 atom stereocenters. The number of nitrogens with one attached hydrogen (secondary N) is 1. The first-order chi connectivity index (χ1) is 20.5. The first-order valence-corrected chi connectivity index (χ1v) is 14.5. The highest BCUT2D eigenvalue weighted by Gasteiger charge is 2.52. The van der Waals surface area contributed by atoms with Gasteiger partial charge in [0.15, 0.2) is 29.4 Å². The Bertz CT molecular complexity index is 1600. The standard InChI is InChI=1S/C34H36FN5O2/c1-5-33(6-2)23(3)28(35)32(42-33)40-22-38-29-30(36-21-37-31(29)40)39-34(24-13-9-7-10-14-24,25-15-11-8-12-16-25)26-17-19-27(41-4)20-18-26/h7-23,28,32H,5-6H2,1-4H3,(H,36,37,39)/t23-,28+,32+/m0/s1.